The number of carbonyl (C=O) groups is 4. The Morgan fingerprint density at radius 2 is 2.00 bits per heavy atom. The van der Waals surface area contributed by atoms with Crippen molar-refractivity contribution in [3.63, 3.8) is 0 Å². The minimum atomic E-state index is -1.21. The number of carboxylic acids is 1. The molecule has 2 amide bonds. The van der Waals surface area contributed by atoms with Crippen molar-refractivity contribution in [1.29, 1.82) is 0 Å². The van der Waals surface area contributed by atoms with Crippen molar-refractivity contribution in [2.45, 2.75) is 24.6 Å². The maximum absolute atomic E-state index is 13.3. The summed E-state index contributed by atoms with van der Waals surface area (Å²) in [7, 11) is 1.29. The van der Waals surface area contributed by atoms with E-state index in [0.29, 0.717) is 28.9 Å². The molecule has 5 rings (SSSR count). The zero-order valence-corrected chi connectivity index (χ0v) is 26.6. The van der Waals surface area contributed by atoms with Gasteiger partial charge in [0.2, 0.25) is 5.91 Å². The molecular formula is C28H32ClN6O8S2+. The van der Waals surface area contributed by atoms with Crippen molar-refractivity contribution in [3.8, 4) is 11.5 Å². The molecule has 0 spiro atoms. The summed E-state index contributed by atoms with van der Waals surface area (Å²) < 4.78 is 0.531. The molecule has 4 heterocycles. The number of nitrogens with zero attached hydrogens (tertiary/aromatic N) is 4. The molecule has 2 fully saturated rings. The van der Waals surface area contributed by atoms with Crippen LogP contribution >= 0.6 is 34.7 Å². The first-order valence-corrected chi connectivity index (χ1v) is 16.4. The van der Waals surface area contributed by atoms with E-state index in [1.807, 2.05) is 0 Å². The molecule has 2 aromatic rings. The number of quaternary nitrogens is 1. The van der Waals surface area contributed by atoms with Crippen LogP contribution in [-0.4, -0.2) is 110 Å². The van der Waals surface area contributed by atoms with Crippen LogP contribution in [0, 0.1) is 5.92 Å². The third kappa shape index (κ3) is 6.45. The molecule has 3 aliphatic rings. The van der Waals surface area contributed by atoms with Gasteiger partial charge in [0.1, 0.15) is 25.0 Å². The Morgan fingerprint density at radius 3 is 2.64 bits per heavy atom. The van der Waals surface area contributed by atoms with Crippen LogP contribution in [-0.2, 0) is 19.2 Å². The Labute approximate surface area is 271 Å². The number of thioether (sulfide) groups is 1. The second-order valence-electron chi connectivity index (χ2n) is 11.0. The molecule has 240 valence electrons. The van der Waals surface area contributed by atoms with Crippen molar-refractivity contribution in [2.75, 3.05) is 51.3 Å². The van der Waals surface area contributed by atoms with Crippen molar-refractivity contribution in [3.05, 3.63) is 45.1 Å². The fourth-order valence-electron chi connectivity index (χ4n) is 6.07. The third-order valence-electron chi connectivity index (χ3n) is 8.23. The Balaban J connectivity index is 1.28. The maximum atomic E-state index is 13.3. The predicted octanol–water partition coefficient (Wildman–Crippen LogP) is 2.01. The molecule has 1 aromatic heterocycles. The second-order valence-corrected chi connectivity index (χ2v) is 13.4. The number of likely N-dealkylation sites (tertiary alicyclic amines) is 1. The number of hydrogen-bond acceptors (Lipinski definition) is 12. The topological polar surface area (TPSA) is 205 Å². The first-order chi connectivity index (χ1) is 21.5. The van der Waals surface area contributed by atoms with Gasteiger partial charge in [0.25, 0.3) is 5.91 Å². The van der Waals surface area contributed by atoms with Gasteiger partial charge in [0.05, 0.1) is 48.1 Å². The molecule has 2 atom stereocenters. The zero-order chi connectivity index (χ0) is 32.5. The van der Waals surface area contributed by atoms with E-state index in [4.69, 9.17) is 22.2 Å². The molecule has 14 nitrogen and oxygen atoms in total. The number of rotatable bonds is 12. The number of thiazole rings is 1. The molecule has 0 radical (unpaired) electrons. The molecule has 2 saturated heterocycles. The molecule has 45 heavy (non-hydrogen) atoms. The average Bonchev–Trinajstić information content (AvgIpc) is 3.65. The van der Waals surface area contributed by atoms with Crippen LogP contribution in [0.15, 0.2) is 33.9 Å². The van der Waals surface area contributed by atoms with Gasteiger partial charge < -0.3 is 35.7 Å². The van der Waals surface area contributed by atoms with Gasteiger partial charge in [-0.2, -0.15) is 0 Å². The number of carbonyl (C=O) groups excluding carboxylic acids is 3. The molecule has 17 heteroatoms. The molecule has 3 aliphatic heterocycles. The Kier molecular flexibility index (Phi) is 9.57. The van der Waals surface area contributed by atoms with Gasteiger partial charge in [-0.05, 0) is 12.1 Å². The first-order valence-electron chi connectivity index (χ1n) is 14.1. The number of halogens is 1. The average molecular weight is 680 g/mol. The number of oxime groups is 1. The lowest BCUT2D eigenvalue weighted by molar-refractivity contribution is -0.911. The van der Waals surface area contributed by atoms with Crippen LogP contribution in [0.25, 0.3) is 0 Å². The van der Waals surface area contributed by atoms with Crippen LogP contribution in [0.4, 0.5) is 5.13 Å². The number of phenolic OH excluding ortho intramolecular Hbond substituents is 2. The second kappa shape index (κ2) is 13.2. The van der Waals surface area contributed by atoms with Crippen molar-refractivity contribution in [2.24, 2.45) is 11.1 Å². The van der Waals surface area contributed by atoms with Crippen LogP contribution in [0.3, 0.4) is 0 Å². The number of ketones is 1. The molecule has 0 aliphatic carbocycles. The number of carboxylic acid groups (broad SMARTS) is 1. The Bertz CT molecular complexity index is 1600. The van der Waals surface area contributed by atoms with Gasteiger partial charge in [-0.1, -0.05) is 16.8 Å². The fourth-order valence-corrected chi connectivity index (χ4v) is 8.26. The zero-order valence-electron chi connectivity index (χ0n) is 24.2. The molecule has 6 N–H and O–H groups in total. The van der Waals surface area contributed by atoms with Gasteiger partial charge in [-0.25, -0.2) is 9.78 Å². The number of fused-ring (bicyclic) bond motifs is 1. The third-order valence-corrected chi connectivity index (χ3v) is 10.7. The maximum Gasteiger partial charge on any atom is 0.352 e. The monoisotopic (exact) mass is 679 g/mol. The SMILES string of the molecule is CO/N=C(\C(=O)C[C@@H]1C(=O)N2C(C(=O)O)=C(C[N+]3(CCNC(=O)c4ccc(O)c(O)c4Cl)CCCC3)CS[C@H]12)c1csc(N)n1. The number of β-lactam (4-membered cyclic amide) rings is 1. The van der Waals surface area contributed by atoms with E-state index in [2.05, 4.69) is 15.5 Å². The van der Waals surface area contributed by atoms with E-state index in [1.54, 1.807) is 5.38 Å². The number of hydrogen-bond donors (Lipinski definition) is 5. The molecule has 1 aromatic carbocycles. The number of anilines is 1. The summed E-state index contributed by atoms with van der Waals surface area (Å²) in [5.74, 6) is -3.99. The standard InChI is InChI=1S/C28H31ClN6O8S2/c1-43-33-21(17-13-45-28(30)32-17)19(37)10-16-25(40)34-22(27(41)42)14(12-44-26(16)34)11-35(7-2-3-8-35)9-6-31-24(39)15-4-5-18(36)23(38)20(15)29/h4-5,13,16,26H,2-3,6-12H2,1H3,(H5-,30,31,32,33,36,37,38,39,41,42)/p+1/t16-,26-/m1/s1. The molecule has 0 saturated carbocycles. The summed E-state index contributed by atoms with van der Waals surface area (Å²) in [6.07, 6.45) is 1.68. The normalized spacial score (nSPS) is 20.9. The number of nitrogens with one attached hydrogen (secondary N) is 1. The van der Waals surface area contributed by atoms with E-state index < -0.39 is 46.4 Å². The number of aromatic nitrogens is 1. The number of amides is 2. The smallest absolute Gasteiger partial charge is 0.352 e. The van der Waals surface area contributed by atoms with Crippen LogP contribution in [0.2, 0.25) is 5.02 Å². The van der Waals surface area contributed by atoms with Crippen molar-refractivity contribution < 1.29 is 43.8 Å². The lowest BCUT2D eigenvalue weighted by Gasteiger charge is -2.50. The highest BCUT2D eigenvalue weighted by Gasteiger charge is 2.55. The summed E-state index contributed by atoms with van der Waals surface area (Å²) in [4.78, 5) is 62.0. The predicted molar refractivity (Wildman–Crippen MR) is 167 cm³/mol. The fraction of sp³-hybridized carbons (Fsp3) is 0.429. The van der Waals surface area contributed by atoms with E-state index in [1.165, 1.54) is 35.9 Å². The number of benzene rings is 1. The number of Topliss-reactive ketones (excluding diaryl/α,β-unsaturated/α-hetero) is 1. The quantitative estimate of drug-likeness (QED) is 0.0721. The van der Waals surface area contributed by atoms with Gasteiger partial charge in [0, 0.05) is 36.0 Å². The largest absolute Gasteiger partial charge is 0.504 e. The minimum Gasteiger partial charge on any atom is -0.504 e. The summed E-state index contributed by atoms with van der Waals surface area (Å²) in [5.41, 5.74) is 6.49. The van der Waals surface area contributed by atoms with E-state index in [9.17, 15) is 34.5 Å². The highest BCUT2D eigenvalue weighted by atomic mass is 35.5. The number of nitrogens with two attached hydrogens (primary N) is 1. The molecule has 0 unspecified atom stereocenters. The lowest BCUT2D eigenvalue weighted by Crippen LogP contribution is -2.63. The van der Waals surface area contributed by atoms with Crippen LogP contribution in [0.1, 0.15) is 35.3 Å². The summed E-state index contributed by atoms with van der Waals surface area (Å²) >= 11 is 8.59. The summed E-state index contributed by atoms with van der Waals surface area (Å²) in [6.45, 7) is 2.70. The highest BCUT2D eigenvalue weighted by molar-refractivity contribution is 8.00. The minimum absolute atomic E-state index is 0.0196. The van der Waals surface area contributed by atoms with Gasteiger partial charge in [0.15, 0.2) is 28.1 Å². The molecular weight excluding hydrogens is 648 g/mol. The van der Waals surface area contributed by atoms with Gasteiger partial charge >= 0.3 is 5.97 Å². The molecule has 0 bridgehead atoms. The number of aromatic hydroxyl groups is 2. The Morgan fingerprint density at radius 1 is 1.27 bits per heavy atom. The van der Waals surface area contributed by atoms with E-state index >= 15 is 0 Å². The number of phenols is 2. The summed E-state index contributed by atoms with van der Waals surface area (Å²) in [5, 5.41) is 37.3. The highest BCUT2D eigenvalue weighted by Crippen LogP contribution is 2.46. The lowest BCUT2D eigenvalue weighted by atomic mass is 9.89. The number of nitrogen functional groups attached to an aromatic ring is 1. The van der Waals surface area contributed by atoms with Crippen LogP contribution in [0.5, 0.6) is 11.5 Å². The van der Waals surface area contributed by atoms with Gasteiger partial charge in [-0.15, -0.1) is 23.1 Å². The van der Waals surface area contributed by atoms with Gasteiger partial charge in [-0.3, -0.25) is 19.3 Å². The number of aliphatic carboxylic acids is 1. The van der Waals surface area contributed by atoms with E-state index in [-0.39, 0.29) is 45.8 Å². The summed E-state index contributed by atoms with van der Waals surface area (Å²) in [6, 6.07) is 2.50. The van der Waals surface area contributed by atoms with E-state index in [0.717, 1.165) is 37.3 Å². The Hall–Kier alpha value is -3.86. The first kappa shape index (κ1) is 32.5. The van der Waals surface area contributed by atoms with Crippen molar-refractivity contribution >= 4 is 69.1 Å². The van der Waals surface area contributed by atoms with Crippen LogP contribution < -0.4 is 11.1 Å². The van der Waals surface area contributed by atoms with Crippen molar-refractivity contribution in [1.82, 2.24) is 15.2 Å².